The zero-order chi connectivity index (χ0) is 28.7. The third-order valence-corrected chi connectivity index (χ3v) is 8.75. The molecule has 0 bridgehead atoms. The molecule has 2 unspecified atom stereocenters. The second-order valence-electron chi connectivity index (χ2n) is 10.4. The lowest BCUT2D eigenvalue weighted by Gasteiger charge is -2.34. The third kappa shape index (κ3) is 4.93. The summed E-state index contributed by atoms with van der Waals surface area (Å²) in [5, 5.41) is 0.876. The Morgan fingerprint density at radius 1 is 0.927 bits per heavy atom. The van der Waals surface area contributed by atoms with Crippen molar-refractivity contribution in [2.24, 2.45) is 0 Å². The second kappa shape index (κ2) is 10.7. The number of aromatic nitrogens is 1. The number of rotatable bonds is 6. The zero-order valence-electron chi connectivity index (χ0n) is 23.1. The highest BCUT2D eigenvalue weighted by molar-refractivity contribution is 7.21. The van der Waals surface area contributed by atoms with Crippen molar-refractivity contribution in [3.8, 4) is 10.6 Å². The number of hydrogen-bond acceptors (Lipinski definition) is 5. The summed E-state index contributed by atoms with van der Waals surface area (Å²) in [7, 11) is 0. The van der Waals surface area contributed by atoms with Gasteiger partial charge in [0.1, 0.15) is 11.0 Å². The molecule has 0 N–H and O–H groups in total. The smallest absolute Gasteiger partial charge is 0.257 e. The predicted octanol–water partition coefficient (Wildman–Crippen LogP) is 7.12. The number of benzene rings is 4. The molecule has 1 saturated heterocycles. The van der Waals surface area contributed by atoms with Crippen LogP contribution in [-0.2, 0) is 9.59 Å². The van der Waals surface area contributed by atoms with E-state index in [9.17, 15) is 14.4 Å². The van der Waals surface area contributed by atoms with E-state index in [4.69, 9.17) is 4.98 Å². The van der Waals surface area contributed by atoms with Gasteiger partial charge in [-0.15, -0.1) is 11.3 Å². The fourth-order valence-electron chi connectivity index (χ4n) is 5.44. The Kier molecular flexibility index (Phi) is 6.97. The highest BCUT2D eigenvalue weighted by atomic mass is 32.1. The molecule has 1 aliphatic heterocycles. The second-order valence-corrected chi connectivity index (χ2v) is 11.5. The largest absolute Gasteiger partial charge is 0.319 e. The Hall–Kier alpha value is -4.62. The molecule has 3 amide bonds. The number of carbonyl (C=O) groups excluding carboxylic acids is 3. The first kappa shape index (κ1) is 26.6. The first-order chi connectivity index (χ1) is 19.8. The first-order valence-corrected chi connectivity index (χ1v) is 14.4. The van der Waals surface area contributed by atoms with Crippen LogP contribution in [-0.4, -0.2) is 33.6 Å². The van der Waals surface area contributed by atoms with Gasteiger partial charge < -0.3 is 4.90 Å². The molecule has 1 aromatic heterocycles. The van der Waals surface area contributed by atoms with E-state index in [1.54, 1.807) is 34.4 Å². The molecule has 2 atom stereocenters. The van der Waals surface area contributed by atoms with Crippen molar-refractivity contribution in [3.05, 3.63) is 119 Å². The molecule has 204 valence electrons. The minimum Gasteiger partial charge on any atom is -0.319 e. The lowest BCUT2D eigenvalue weighted by atomic mass is 10.0. The molecule has 1 fully saturated rings. The lowest BCUT2D eigenvalue weighted by Crippen LogP contribution is -2.47. The number of fused-ring (bicyclic) bond motifs is 1. The number of nitrogens with zero attached hydrogens (tertiary/aromatic N) is 3. The number of aryl methyl sites for hydroxylation is 2. The summed E-state index contributed by atoms with van der Waals surface area (Å²) in [6.45, 7) is 5.84. The van der Waals surface area contributed by atoms with Crippen LogP contribution in [0.25, 0.3) is 20.8 Å². The van der Waals surface area contributed by atoms with Gasteiger partial charge >= 0.3 is 0 Å². The molecule has 0 spiro atoms. The van der Waals surface area contributed by atoms with Crippen molar-refractivity contribution >= 4 is 45.0 Å². The van der Waals surface area contributed by atoms with Crippen molar-refractivity contribution in [2.75, 3.05) is 4.90 Å². The van der Waals surface area contributed by atoms with E-state index in [-0.39, 0.29) is 18.2 Å². The van der Waals surface area contributed by atoms with Gasteiger partial charge in [-0.05, 0) is 79.9 Å². The molecule has 0 aliphatic carbocycles. The Morgan fingerprint density at radius 2 is 1.63 bits per heavy atom. The number of hydrogen-bond donors (Lipinski definition) is 0. The average Bonchev–Trinajstić information content (AvgIpc) is 3.53. The first-order valence-electron chi connectivity index (χ1n) is 13.6. The number of carbonyl (C=O) groups is 3. The fraction of sp³-hybridized carbons (Fsp3) is 0.176. The molecule has 2 heterocycles. The standard InChI is InChI=1S/C34H29N3O3S/c1-21-13-18-28-30(19-21)41-32(35-28)25-14-16-26(17-15-25)37-31(38)20-29(34(37)40)36(23(3)24-10-5-4-6-11-24)33(39)27-12-8-7-9-22(27)2/h4-19,23,29H,20H2,1-3H3. The molecule has 4 aromatic carbocycles. The minimum absolute atomic E-state index is 0.0768. The summed E-state index contributed by atoms with van der Waals surface area (Å²) in [5.41, 5.74) is 5.75. The topological polar surface area (TPSA) is 70.6 Å². The van der Waals surface area contributed by atoms with E-state index in [0.717, 1.165) is 31.9 Å². The number of anilines is 1. The number of amides is 3. The maximum absolute atomic E-state index is 14.0. The van der Waals surface area contributed by atoms with Crippen molar-refractivity contribution in [1.82, 2.24) is 9.88 Å². The van der Waals surface area contributed by atoms with Crippen LogP contribution in [0.1, 0.15) is 46.4 Å². The van der Waals surface area contributed by atoms with Crippen molar-refractivity contribution in [3.63, 3.8) is 0 Å². The van der Waals surface area contributed by atoms with E-state index < -0.39 is 18.0 Å². The van der Waals surface area contributed by atoms with Crippen molar-refractivity contribution < 1.29 is 14.4 Å². The normalized spacial score (nSPS) is 15.9. The Labute approximate surface area is 242 Å². The Morgan fingerprint density at radius 3 is 2.37 bits per heavy atom. The molecular weight excluding hydrogens is 530 g/mol. The van der Waals surface area contributed by atoms with Crippen LogP contribution < -0.4 is 4.90 Å². The number of thiazole rings is 1. The number of imide groups is 1. The monoisotopic (exact) mass is 559 g/mol. The lowest BCUT2D eigenvalue weighted by molar-refractivity contribution is -0.122. The summed E-state index contributed by atoms with van der Waals surface area (Å²) in [6, 6.07) is 29.1. The molecule has 0 saturated carbocycles. The van der Waals surface area contributed by atoms with Crippen LogP contribution in [0.15, 0.2) is 97.1 Å². The van der Waals surface area contributed by atoms with Gasteiger partial charge in [0, 0.05) is 11.1 Å². The van der Waals surface area contributed by atoms with Crippen LogP contribution in [0.3, 0.4) is 0 Å². The summed E-state index contributed by atoms with van der Waals surface area (Å²) in [4.78, 5) is 48.8. The van der Waals surface area contributed by atoms with Gasteiger partial charge in [0.2, 0.25) is 5.91 Å². The molecule has 7 heteroatoms. The van der Waals surface area contributed by atoms with Gasteiger partial charge in [0.15, 0.2) is 0 Å². The van der Waals surface area contributed by atoms with Crippen molar-refractivity contribution in [1.29, 1.82) is 0 Å². The molecule has 1 aliphatic rings. The molecule has 41 heavy (non-hydrogen) atoms. The molecule has 6 rings (SSSR count). The predicted molar refractivity (Wildman–Crippen MR) is 163 cm³/mol. The van der Waals surface area contributed by atoms with Crippen LogP contribution in [0.5, 0.6) is 0 Å². The average molecular weight is 560 g/mol. The van der Waals surface area contributed by atoms with Gasteiger partial charge in [0.25, 0.3) is 11.8 Å². The van der Waals surface area contributed by atoms with Gasteiger partial charge in [-0.2, -0.15) is 0 Å². The van der Waals surface area contributed by atoms with Gasteiger partial charge in [0.05, 0.1) is 28.4 Å². The van der Waals surface area contributed by atoms with Gasteiger partial charge in [-0.3, -0.25) is 14.4 Å². The van der Waals surface area contributed by atoms with E-state index in [1.165, 1.54) is 10.5 Å². The highest BCUT2D eigenvalue weighted by Crippen LogP contribution is 2.35. The Balaban J connectivity index is 1.32. The maximum Gasteiger partial charge on any atom is 0.257 e. The van der Waals surface area contributed by atoms with E-state index in [2.05, 4.69) is 13.0 Å². The van der Waals surface area contributed by atoms with Crippen molar-refractivity contribution in [2.45, 2.75) is 39.3 Å². The van der Waals surface area contributed by atoms with Crippen LogP contribution >= 0.6 is 11.3 Å². The molecular formula is C34H29N3O3S. The summed E-state index contributed by atoms with van der Waals surface area (Å²) >= 11 is 1.61. The summed E-state index contributed by atoms with van der Waals surface area (Å²) in [5.74, 6) is -0.997. The SMILES string of the molecule is Cc1ccc2nc(-c3ccc(N4C(=O)CC(N(C(=O)c5ccccc5C)C(C)c5ccccc5)C4=O)cc3)sc2c1. The third-order valence-electron chi connectivity index (χ3n) is 7.68. The molecule has 5 aromatic rings. The van der Waals surface area contributed by atoms with E-state index in [0.29, 0.717) is 11.3 Å². The molecule has 6 nitrogen and oxygen atoms in total. The van der Waals surface area contributed by atoms with E-state index in [1.807, 2.05) is 86.6 Å². The minimum atomic E-state index is -0.919. The zero-order valence-corrected chi connectivity index (χ0v) is 23.9. The summed E-state index contributed by atoms with van der Waals surface area (Å²) in [6.07, 6.45) is -0.0768. The van der Waals surface area contributed by atoms with Gasteiger partial charge in [-0.25, -0.2) is 9.88 Å². The maximum atomic E-state index is 14.0. The summed E-state index contributed by atoms with van der Waals surface area (Å²) < 4.78 is 1.11. The van der Waals surface area contributed by atoms with E-state index >= 15 is 0 Å². The van der Waals surface area contributed by atoms with Crippen LogP contribution in [0, 0.1) is 13.8 Å². The molecule has 0 radical (unpaired) electrons. The van der Waals surface area contributed by atoms with Crippen LogP contribution in [0.4, 0.5) is 5.69 Å². The van der Waals surface area contributed by atoms with Crippen LogP contribution in [0.2, 0.25) is 0 Å². The quantitative estimate of drug-likeness (QED) is 0.208. The Bertz CT molecular complexity index is 1780. The van der Waals surface area contributed by atoms with Gasteiger partial charge in [-0.1, -0.05) is 54.6 Å². The highest BCUT2D eigenvalue weighted by Gasteiger charge is 2.46. The fourth-order valence-corrected chi connectivity index (χ4v) is 6.51.